The van der Waals surface area contributed by atoms with Gasteiger partial charge < -0.3 is 9.73 Å². The van der Waals surface area contributed by atoms with E-state index in [2.05, 4.69) is 21.2 Å². The second kappa shape index (κ2) is 7.25. The van der Waals surface area contributed by atoms with E-state index in [9.17, 15) is 9.59 Å². The number of furan rings is 1. The molecule has 3 aromatic rings. The van der Waals surface area contributed by atoms with Crippen LogP contribution in [0.4, 0.5) is 4.79 Å². The van der Waals surface area contributed by atoms with Crippen LogP contribution in [0.5, 0.6) is 0 Å². The smallest absolute Gasteiger partial charge is 0.329 e. The van der Waals surface area contributed by atoms with Crippen molar-refractivity contribution in [3.05, 3.63) is 88.2 Å². The second-order valence-corrected chi connectivity index (χ2v) is 6.99. The largest absolute Gasteiger partial charge is 0.457 e. The first kappa shape index (κ1) is 17.3. The Bertz CT molecular complexity index is 1020. The number of rotatable bonds is 4. The lowest BCUT2D eigenvalue weighted by atomic mass is 10.2. The minimum Gasteiger partial charge on any atom is -0.457 e. The first-order chi connectivity index (χ1) is 13.1. The molecular formula is C21H15BrN2O3. The van der Waals surface area contributed by atoms with E-state index in [0.29, 0.717) is 11.5 Å². The van der Waals surface area contributed by atoms with Crippen LogP contribution in [0, 0.1) is 0 Å². The summed E-state index contributed by atoms with van der Waals surface area (Å²) in [6, 6.07) is 20.3. The van der Waals surface area contributed by atoms with Gasteiger partial charge in [-0.3, -0.25) is 9.69 Å². The van der Waals surface area contributed by atoms with Crippen molar-refractivity contribution in [2.75, 3.05) is 0 Å². The third kappa shape index (κ3) is 3.71. The molecule has 5 nitrogen and oxygen atoms in total. The van der Waals surface area contributed by atoms with Crippen LogP contribution in [0.15, 0.2) is 81.3 Å². The van der Waals surface area contributed by atoms with Crippen molar-refractivity contribution in [3.8, 4) is 11.3 Å². The van der Waals surface area contributed by atoms with Crippen molar-refractivity contribution in [3.63, 3.8) is 0 Å². The lowest BCUT2D eigenvalue weighted by Gasteiger charge is -2.11. The molecule has 3 amide bonds. The predicted molar refractivity (Wildman–Crippen MR) is 105 cm³/mol. The molecule has 1 fully saturated rings. The van der Waals surface area contributed by atoms with Gasteiger partial charge in [0.1, 0.15) is 17.2 Å². The van der Waals surface area contributed by atoms with Crippen LogP contribution in [0.2, 0.25) is 0 Å². The molecule has 0 aliphatic carbocycles. The van der Waals surface area contributed by atoms with Crippen LogP contribution in [0.3, 0.4) is 0 Å². The molecule has 1 saturated heterocycles. The summed E-state index contributed by atoms with van der Waals surface area (Å²) >= 11 is 3.40. The lowest BCUT2D eigenvalue weighted by molar-refractivity contribution is -0.123. The van der Waals surface area contributed by atoms with Gasteiger partial charge in [0.15, 0.2) is 0 Å². The van der Waals surface area contributed by atoms with E-state index in [0.717, 1.165) is 15.6 Å². The van der Waals surface area contributed by atoms with Gasteiger partial charge >= 0.3 is 6.03 Å². The van der Waals surface area contributed by atoms with E-state index in [1.54, 1.807) is 12.1 Å². The van der Waals surface area contributed by atoms with E-state index in [1.807, 2.05) is 60.7 Å². The monoisotopic (exact) mass is 422 g/mol. The first-order valence-corrected chi connectivity index (χ1v) is 9.14. The van der Waals surface area contributed by atoms with Crippen molar-refractivity contribution < 1.29 is 14.0 Å². The van der Waals surface area contributed by atoms with Gasteiger partial charge in [0.2, 0.25) is 0 Å². The molecule has 0 atom stereocenters. The Morgan fingerprint density at radius 3 is 2.44 bits per heavy atom. The number of carbonyl (C=O) groups excluding carboxylic acids is 2. The first-order valence-electron chi connectivity index (χ1n) is 8.34. The molecule has 134 valence electrons. The fraction of sp³-hybridized carbons (Fsp3) is 0.0476. The maximum Gasteiger partial charge on any atom is 0.329 e. The molecule has 0 radical (unpaired) electrons. The number of hydrogen-bond acceptors (Lipinski definition) is 3. The molecule has 0 spiro atoms. The number of halogens is 1. The van der Waals surface area contributed by atoms with Crippen molar-refractivity contribution in [2.45, 2.75) is 6.54 Å². The molecule has 2 aromatic carbocycles. The molecule has 0 unspecified atom stereocenters. The SMILES string of the molecule is O=C1N/C(=C/c2ccc(-c3ccc(Br)cc3)o2)C(=O)N1Cc1ccccc1. The van der Waals surface area contributed by atoms with Crippen molar-refractivity contribution in [1.29, 1.82) is 0 Å². The van der Waals surface area contributed by atoms with E-state index >= 15 is 0 Å². The summed E-state index contributed by atoms with van der Waals surface area (Å²) in [5.74, 6) is 0.816. The van der Waals surface area contributed by atoms with Crippen LogP contribution in [-0.2, 0) is 11.3 Å². The zero-order chi connectivity index (χ0) is 18.8. The summed E-state index contributed by atoms with van der Waals surface area (Å²) in [4.78, 5) is 25.9. The molecule has 0 saturated carbocycles. The summed E-state index contributed by atoms with van der Waals surface area (Å²) < 4.78 is 6.78. The molecule has 1 aliphatic heterocycles. The minimum atomic E-state index is -0.435. The Hall–Kier alpha value is -3.12. The Balaban J connectivity index is 1.53. The Kier molecular flexibility index (Phi) is 4.64. The second-order valence-electron chi connectivity index (χ2n) is 6.07. The highest BCUT2D eigenvalue weighted by atomic mass is 79.9. The Morgan fingerprint density at radius 1 is 0.963 bits per heavy atom. The van der Waals surface area contributed by atoms with E-state index in [-0.39, 0.29) is 18.1 Å². The fourth-order valence-electron chi connectivity index (χ4n) is 2.82. The number of benzene rings is 2. The molecule has 6 heteroatoms. The maximum absolute atomic E-state index is 12.6. The van der Waals surface area contributed by atoms with Gasteiger partial charge in [0, 0.05) is 16.1 Å². The van der Waals surface area contributed by atoms with Gasteiger partial charge in [-0.15, -0.1) is 0 Å². The molecule has 27 heavy (non-hydrogen) atoms. The van der Waals surface area contributed by atoms with Gasteiger partial charge in [-0.25, -0.2) is 4.79 Å². The number of urea groups is 1. The third-order valence-corrected chi connectivity index (χ3v) is 4.72. The number of nitrogens with zero attached hydrogens (tertiary/aromatic N) is 1. The number of imide groups is 1. The summed E-state index contributed by atoms with van der Waals surface area (Å²) in [5.41, 5.74) is 2.01. The van der Waals surface area contributed by atoms with Gasteiger partial charge in [-0.2, -0.15) is 0 Å². The summed E-state index contributed by atoms with van der Waals surface area (Å²) in [6.07, 6.45) is 1.55. The predicted octanol–water partition coefficient (Wildman–Crippen LogP) is 4.80. The van der Waals surface area contributed by atoms with Gasteiger partial charge in [-0.05, 0) is 29.8 Å². The lowest BCUT2D eigenvalue weighted by Crippen LogP contribution is -2.30. The van der Waals surface area contributed by atoms with Crippen LogP contribution < -0.4 is 5.32 Å². The zero-order valence-electron chi connectivity index (χ0n) is 14.2. The van der Waals surface area contributed by atoms with Crippen molar-refractivity contribution >= 4 is 33.9 Å². The van der Waals surface area contributed by atoms with E-state index < -0.39 is 6.03 Å². The topological polar surface area (TPSA) is 62.6 Å². The highest BCUT2D eigenvalue weighted by molar-refractivity contribution is 9.10. The van der Waals surface area contributed by atoms with E-state index in [1.165, 1.54) is 4.90 Å². The Morgan fingerprint density at radius 2 is 1.70 bits per heavy atom. The van der Waals surface area contributed by atoms with E-state index in [4.69, 9.17) is 4.42 Å². The average Bonchev–Trinajstić information content (AvgIpc) is 3.24. The standard InChI is InChI=1S/C21H15BrN2O3/c22-16-8-6-15(7-9-16)19-11-10-17(27-19)12-18-20(25)24(21(26)23-18)13-14-4-2-1-3-5-14/h1-12H,13H2,(H,23,26)/b18-12+. The average molecular weight is 423 g/mol. The normalized spacial score (nSPS) is 15.4. The summed E-state index contributed by atoms with van der Waals surface area (Å²) in [6.45, 7) is 0.227. The Labute approximate surface area is 164 Å². The number of carbonyl (C=O) groups is 2. The molecule has 1 aliphatic rings. The minimum absolute atomic E-state index is 0.202. The molecule has 4 rings (SSSR count). The highest BCUT2D eigenvalue weighted by Gasteiger charge is 2.33. The maximum atomic E-state index is 12.6. The van der Waals surface area contributed by atoms with Gasteiger partial charge in [0.05, 0.1) is 6.54 Å². The number of hydrogen-bond donors (Lipinski definition) is 1. The summed E-state index contributed by atoms with van der Waals surface area (Å²) in [5, 5.41) is 2.61. The number of nitrogens with one attached hydrogen (secondary N) is 1. The summed E-state index contributed by atoms with van der Waals surface area (Å²) in [7, 11) is 0. The van der Waals surface area contributed by atoms with Crippen LogP contribution >= 0.6 is 15.9 Å². The molecular weight excluding hydrogens is 408 g/mol. The third-order valence-electron chi connectivity index (χ3n) is 4.19. The van der Waals surface area contributed by atoms with Crippen molar-refractivity contribution in [1.82, 2.24) is 10.2 Å². The quantitative estimate of drug-likeness (QED) is 0.484. The van der Waals surface area contributed by atoms with Gasteiger partial charge in [-0.1, -0.05) is 58.4 Å². The van der Waals surface area contributed by atoms with Crippen LogP contribution in [-0.4, -0.2) is 16.8 Å². The molecule has 2 heterocycles. The highest BCUT2D eigenvalue weighted by Crippen LogP contribution is 2.25. The van der Waals surface area contributed by atoms with Crippen LogP contribution in [0.25, 0.3) is 17.4 Å². The fourth-order valence-corrected chi connectivity index (χ4v) is 3.09. The molecule has 1 N–H and O–H groups in total. The van der Waals surface area contributed by atoms with Crippen molar-refractivity contribution in [2.24, 2.45) is 0 Å². The number of amides is 3. The zero-order valence-corrected chi connectivity index (χ0v) is 15.8. The molecule has 0 bridgehead atoms. The molecule has 1 aromatic heterocycles. The van der Waals surface area contributed by atoms with Crippen LogP contribution in [0.1, 0.15) is 11.3 Å². The van der Waals surface area contributed by atoms with Gasteiger partial charge in [0.25, 0.3) is 5.91 Å².